The van der Waals surface area contributed by atoms with Gasteiger partial charge in [0.25, 0.3) is 0 Å². The summed E-state index contributed by atoms with van der Waals surface area (Å²) in [6.45, 7) is 3.49. The highest BCUT2D eigenvalue weighted by Gasteiger charge is 2.17. The molecule has 1 atom stereocenters. The Morgan fingerprint density at radius 1 is 1.04 bits per heavy atom. The Hall–Kier alpha value is -3.09. The first-order valence-electron chi connectivity index (χ1n) is 8.33. The SMILES string of the molecule is CC(=O)NC(CC(=O)NCC(=O)NCc1ccco1)c1ccc(C)cc1. The minimum absolute atomic E-state index is 0.0497. The van der Waals surface area contributed by atoms with E-state index in [1.54, 1.807) is 12.1 Å². The van der Waals surface area contributed by atoms with Crippen molar-refractivity contribution < 1.29 is 18.8 Å². The Morgan fingerprint density at radius 3 is 2.38 bits per heavy atom. The number of hydrogen-bond acceptors (Lipinski definition) is 4. The average Bonchev–Trinajstić information content (AvgIpc) is 3.11. The molecule has 1 heterocycles. The molecule has 0 spiro atoms. The third kappa shape index (κ3) is 6.43. The molecular formula is C19H23N3O4. The van der Waals surface area contributed by atoms with Crippen molar-refractivity contribution in [2.45, 2.75) is 32.9 Å². The maximum absolute atomic E-state index is 12.2. The first-order chi connectivity index (χ1) is 12.4. The van der Waals surface area contributed by atoms with Crippen LogP contribution in [0.25, 0.3) is 0 Å². The van der Waals surface area contributed by atoms with E-state index >= 15 is 0 Å². The van der Waals surface area contributed by atoms with E-state index in [2.05, 4.69) is 16.0 Å². The highest BCUT2D eigenvalue weighted by molar-refractivity contribution is 5.85. The van der Waals surface area contributed by atoms with Gasteiger partial charge in [-0.3, -0.25) is 14.4 Å². The van der Waals surface area contributed by atoms with Crippen molar-refractivity contribution in [1.29, 1.82) is 0 Å². The highest BCUT2D eigenvalue weighted by Crippen LogP contribution is 2.17. The molecule has 3 N–H and O–H groups in total. The van der Waals surface area contributed by atoms with Gasteiger partial charge in [-0.05, 0) is 24.6 Å². The van der Waals surface area contributed by atoms with Crippen molar-refractivity contribution in [3.8, 4) is 0 Å². The van der Waals surface area contributed by atoms with Crippen LogP contribution >= 0.6 is 0 Å². The number of aryl methyl sites for hydroxylation is 1. The number of hydrogen-bond donors (Lipinski definition) is 3. The van der Waals surface area contributed by atoms with Crippen LogP contribution in [0.2, 0.25) is 0 Å². The molecule has 3 amide bonds. The van der Waals surface area contributed by atoms with E-state index in [1.807, 2.05) is 31.2 Å². The van der Waals surface area contributed by atoms with E-state index in [9.17, 15) is 14.4 Å². The van der Waals surface area contributed by atoms with Gasteiger partial charge in [-0.25, -0.2) is 0 Å². The lowest BCUT2D eigenvalue weighted by atomic mass is 10.0. The van der Waals surface area contributed by atoms with Gasteiger partial charge in [0, 0.05) is 6.92 Å². The molecule has 1 aromatic carbocycles. The van der Waals surface area contributed by atoms with E-state index in [4.69, 9.17) is 4.42 Å². The van der Waals surface area contributed by atoms with Crippen LogP contribution in [0, 0.1) is 6.92 Å². The largest absolute Gasteiger partial charge is 0.467 e. The first kappa shape index (κ1) is 19.2. The molecule has 0 saturated heterocycles. The molecule has 0 saturated carbocycles. The molecule has 7 heteroatoms. The van der Waals surface area contributed by atoms with Crippen molar-refractivity contribution >= 4 is 17.7 Å². The first-order valence-corrected chi connectivity index (χ1v) is 8.33. The van der Waals surface area contributed by atoms with Gasteiger partial charge in [0.1, 0.15) is 5.76 Å². The Balaban J connectivity index is 1.83. The predicted octanol–water partition coefficient (Wildman–Crippen LogP) is 1.59. The Morgan fingerprint density at radius 2 is 1.77 bits per heavy atom. The van der Waals surface area contributed by atoms with Crippen molar-refractivity contribution in [3.63, 3.8) is 0 Å². The molecule has 0 fully saturated rings. The van der Waals surface area contributed by atoms with E-state index in [-0.39, 0.29) is 37.2 Å². The number of carbonyl (C=O) groups excluding carboxylic acids is 3. The number of rotatable bonds is 8. The second-order valence-electron chi connectivity index (χ2n) is 6.00. The van der Waals surface area contributed by atoms with Gasteiger partial charge >= 0.3 is 0 Å². The van der Waals surface area contributed by atoms with Gasteiger partial charge in [0.15, 0.2) is 0 Å². The lowest BCUT2D eigenvalue weighted by Gasteiger charge is -2.18. The van der Waals surface area contributed by atoms with Crippen LogP contribution in [0.5, 0.6) is 0 Å². The fourth-order valence-corrected chi connectivity index (χ4v) is 2.39. The minimum atomic E-state index is -0.445. The molecule has 138 valence electrons. The molecule has 26 heavy (non-hydrogen) atoms. The summed E-state index contributed by atoms with van der Waals surface area (Å²) in [6, 6.07) is 10.6. The molecule has 0 aliphatic carbocycles. The Kier molecular flexibility index (Phi) is 6.96. The lowest BCUT2D eigenvalue weighted by Crippen LogP contribution is -2.38. The molecule has 2 aromatic rings. The van der Waals surface area contributed by atoms with Crippen LogP contribution < -0.4 is 16.0 Å². The van der Waals surface area contributed by atoms with E-state index < -0.39 is 6.04 Å². The zero-order chi connectivity index (χ0) is 18.9. The van der Waals surface area contributed by atoms with Crippen molar-refractivity contribution in [3.05, 3.63) is 59.5 Å². The molecule has 0 aliphatic rings. The molecule has 1 aromatic heterocycles. The third-order valence-corrected chi connectivity index (χ3v) is 3.73. The van der Waals surface area contributed by atoms with Crippen LogP contribution in [0.1, 0.15) is 36.3 Å². The molecule has 0 bridgehead atoms. The maximum Gasteiger partial charge on any atom is 0.239 e. The van der Waals surface area contributed by atoms with Gasteiger partial charge in [-0.2, -0.15) is 0 Å². The molecule has 0 aliphatic heterocycles. The monoisotopic (exact) mass is 357 g/mol. The van der Waals surface area contributed by atoms with Gasteiger partial charge in [0.05, 0.1) is 31.8 Å². The number of nitrogens with one attached hydrogen (secondary N) is 3. The zero-order valence-electron chi connectivity index (χ0n) is 14.9. The predicted molar refractivity (Wildman–Crippen MR) is 95.9 cm³/mol. The second kappa shape index (κ2) is 9.41. The smallest absolute Gasteiger partial charge is 0.239 e. The zero-order valence-corrected chi connectivity index (χ0v) is 14.9. The Bertz CT molecular complexity index is 739. The quantitative estimate of drug-likeness (QED) is 0.668. The van der Waals surface area contributed by atoms with Crippen molar-refractivity contribution in [2.75, 3.05) is 6.54 Å². The summed E-state index contributed by atoms with van der Waals surface area (Å²) in [5.41, 5.74) is 1.93. The number of amides is 3. The van der Waals surface area contributed by atoms with Gasteiger partial charge in [0.2, 0.25) is 17.7 Å². The van der Waals surface area contributed by atoms with Crippen LogP contribution in [0.15, 0.2) is 47.1 Å². The van der Waals surface area contributed by atoms with Gasteiger partial charge in [-0.15, -0.1) is 0 Å². The van der Waals surface area contributed by atoms with Crippen molar-refractivity contribution in [2.24, 2.45) is 0 Å². The summed E-state index contributed by atoms with van der Waals surface area (Å²) in [7, 11) is 0. The van der Waals surface area contributed by atoms with Crippen LogP contribution in [-0.2, 0) is 20.9 Å². The minimum Gasteiger partial charge on any atom is -0.467 e. The van der Waals surface area contributed by atoms with E-state index in [0.29, 0.717) is 5.76 Å². The summed E-state index contributed by atoms with van der Waals surface area (Å²) in [6.07, 6.45) is 1.57. The molecule has 0 radical (unpaired) electrons. The fraction of sp³-hybridized carbons (Fsp3) is 0.316. The maximum atomic E-state index is 12.2. The summed E-state index contributed by atoms with van der Waals surface area (Å²) in [5, 5.41) is 7.98. The van der Waals surface area contributed by atoms with Crippen molar-refractivity contribution in [1.82, 2.24) is 16.0 Å². The molecule has 1 unspecified atom stereocenters. The summed E-state index contributed by atoms with van der Waals surface area (Å²) < 4.78 is 5.11. The van der Waals surface area contributed by atoms with Gasteiger partial charge in [-0.1, -0.05) is 29.8 Å². The highest BCUT2D eigenvalue weighted by atomic mass is 16.3. The number of benzene rings is 1. The Labute approximate surface area is 152 Å². The number of furan rings is 1. The normalized spacial score (nSPS) is 11.5. The second-order valence-corrected chi connectivity index (χ2v) is 6.00. The standard InChI is InChI=1S/C19H23N3O4/c1-13-5-7-15(8-6-13)17(22-14(2)23)10-18(24)21-12-19(25)20-11-16-4-3-9-26-16/h3-9,17H,10-12H2,1-2H3,(H,20,25)(H,21,24)(H,22,23). The van der Waals surface area contributed by atoms with Crippen LogP contribution in [0.3, 0.4) is 0 Å². The summed E-state index contributed by atoms with van der Waals surface area (Å²) >= 11 is 0. The fourth-order valence-electron chi connectivity index (χ4n) is 2.39. The third-order valence-electron chi connectivity index (χ3n) is 3.73. The summed E-state index contributed by atoms with van der Waals surface area (Å²) in [4.78, 5) is 35.4. The molecule has 7 nitrogen and oxygen atoms in total. The average molecular weight is 357 g/mol. The molecule has 2 rings (SSSR count). The van der Waals surface area contributed by atoms with Gasteiger partial charge < -0.3 is 20.4 Å². The van der Waals surface area contributed by atoms with E-state index in [0.717, 1.165) is 11.1 Å². The molecular weight excluding hydrogens is 334 g/mol. The van der Waals surface area contributed by atoms with Crippen LogP contribution in [-0.4, -0.2) is 24.3 Å². The lowest BCUT2D eigenvalue weighted by molar-refractivity contribution is -0.127. The van der Waals surface area contributed by atoms with E-state index in [1.165, 1.54) is 13.2 Å². The summed E-state index contributed by atoms with van der Waals surface area (Å²) in [5.74, 6) is -0.229. The topological polar surface area (TPSA) is 100 Å². The number of carbonyl (C=O) groups is 3. The van der Waals surface area contributed by atoms with Crippen LogP contribution in [0.4, 0.5) is 0 Å².